The van der Waals surface area contributed by atoms with Crippen LogP contribution in [0.15, 0.2) is 36.7 Å². The topological polar surface area (TPSA) is 77.2 Å². The molecule has 1 aliphatic rings. The molecule has 0 spiro atoms. The fourth-order valence-corrected chi connectivity index (χ4v) is 3.00. The number of hydrogen-bond donors (Lipinski definition) is 2. The lowest BCUT2D eigenvalue weighted by molar-refractivity contribution is -0.117. The van der Waals surface area contributed by atoms with Crippen LogP contribution in [0.25, 0.3) is 11.1 Å². The van der Waals surface area contributed by atoms with E-state index in [1.807, 2.05) is 51.2 Å². The third kappa shape index (κ3) is 3.26. The number of carbonyl (C=O) groups excluding carboxylic acids is 1. The molecule has 0 fully saturated rings. The zero-order valence-electron chi connectivity index (χ0n) is 14.2. The summed E-state index contributed by atoms with van der Waals surface area (Å²) >= 11 is 0. The highest BCUT2D eigenvalue weighted by Crippen LogP contribution is 2.42. The molecule has 126 valence electrons. The largest absolute Gasteiger partial charge is 0.485 e. The summed E-state index contributed by atoms with van der Waals surface area (Å²) in [5.41, 5.74) is 9.83. The summed E-state index contributed by atoms with van der Waals surface area (Å²) in [6.07, 6.45) is 4.20. The summed E-state index contributed by atoms with van der Waals surface area (Å²) in [5.74, 6) is 0.970. The maximum Gasteiger partial charge on any atom is 0.241 e. The van der Waals surface area contributed by atoms with Crippen molar-refractivity contribution in [1.82, 2.24) is 4.98 Å². The summed E-state index contributed by atoms with van der Waals surface area (Å²) in [7, 11) is 0. The monoisotopic (exact) mass is 325 g/mol. The molecular weight excluding hydrogens is 302 g/mol. The van der Waals surface area contributed by atoms with Crippen LogP contribution in [0.4, 0.5) is 5.69 Å². The van der Waals surface area contributed by atoms with Gasteiger partial charge in [0, 0.05) is 35.3 Å². The highest BCUT2D eigenvalue weighted by molar-refractivity contribution is 5.95. The standard InChI is InChI=1S/C19H23N3O2/c1-11(2)8-17(20)19(23)22-13-4-5-15-14-6-7-21-10-16(14)12(3)24-18(15)9-13/h4-7,9-12,17H,8,20H2,1-3H3,(H,22,23)/t12-,17-/m1/s1. The molecule has 0 bridgehead atoms. The molecule has 0 saturated carbocycles. The highest BCUT2D eigenvalue weighted by Gasteiger charge is 2.23. The molecule has 3 N–H and O–H groups in total. The normalized spacial score (nSPS) is 16.8. The van der Waals surface area contributed by atoms with E-state index in [4.69, 9.17) is 10.5 Å². The number of amides is 1. The van der Waals surface area contributed by atoms with Crippen LogP contribution in [-0.4, -0.2) is 16.9 Å². The first-order valence-electron chi connectivity index (χ1n) is 8.27. The van der Waals surface area contributed by atoms with E-state index in [9.17, 15) is 4.79 Å². The molecule has 1 aliphatic heterocycles. The van der Waals surface area contributed by atoms with Crippen molar-refractivity contribution in [2.75, 3.05) is 5.32 Å². The van der Waals surface area contributed by atoms with Crippen molar-refractivity contribution in [3.63, 3.8) is 0 Å². The van der Waals surface area contributed by atoms with Crippen LogP contribution in [0, 0.1) is 5.92 Å². The highest BCUT2D eigenvalue weighted by atomic mass is 16.5. The van der Waals surface area contributed by atoms with E-state index in [0.29, 0.717) is 18.0 Å². The molecule has 0 saturated heterocycles. The van der Waals surface area contributed by atoms with Crippen LogP contribution >= 0.6 is 0 Å². The number of aromatic nitrogens is 1. The van der Waals surface area contributed by atoms with Gasteiger partial charge < -0.3 is 15.8 Å². The quantitative estimate of drug-likeness (QED) is 0.902. The Morgan fingerprint density at radius 2 is 2.12 bits per heavy atom. The fraction of sp³-hybridized carbons (Fsp3) is 0.368. The van der Waals surface area contributed by atoms with Crippen LogP contribution in [0.2, 0.25) is 0 Å². The van der Waals surface area contributed by atoms with Crippen molar-refractivity contribution in [2.24, 2.45) is 11.7 Å². The van der Waals surface area contributed by atoms with Crippen LogP contribution in [0.3, 0.4) is 0 Å². The van der Waals surface area contributed by atoms with Crippen molar-refractivity contribution >= 4 is 11.6 Å². The number of rotatable bonds is 4. The van der Waals surface area contributed by atoms with Crippen LogP contribution in [-0.2, 0) is 4.79 Å². The van der Waals surface area contributed by atoms with Gasteiger partial charge in [0.15, 0.2) is 0 Å². The molecule has 0 radical (unpaired) electrons. The lowest BCUT2D eigenvalue weighted by Crippen LogP contribution is -2.36. The molecule has 5 nitrogen and oxygen atoms in total. The van der Waals surface area contributed by atoms with E-state index in [1.54, 1.807) is 6.20 Å². The van der Waals surface area contributed by atoms with Crippen LogP contribution in [0.5, 0.6) is 5.75 Å². The zero-order chi connectivity index (χ0) is 17.3. The van der Waals surface area contributed by atoms with Gasteiger partial charge in [0.05, 0.1) is 6.04 Å². The maximum absolute atomic E-state index is 12.2. The minimum absolute atomic E-state index is 0.0738. The molecule has 24 heavy (non-hydrogen) atoms. The van der Waals surface area contributed by atoms with Crippen molar-refractivity contribution in [1.29, 1.82) is 0 Å². The first-order chi connectivity index (χ1) is 11.5. The Morgan fingerprint density at radius 1 is 1.33 bits per heavy atom. The van der Waals surface area contributed by atoms with Crippen LogP contribution in [0.1, 0.15) is 38.9 Å². The van der Waals surface area contributed by atoms with E-state index in [0.717, 1.165) is 22.4 Å². The number of benzene rings is 1. The van der Waals surface area contributed by atoms with Gasteiger partial charge in [0.1, 0.15) is 11.9 Å². The Balaban J connectivity index is 1.83. The molecule has 5 heteroatoms. The van der Waals surface area contributed by atoms with Gasteiger partial charge >= 0.3 is 0 Å². The average Bonchev–Trinajstić information content (AvgIpc) is 2.54. The second-order valence-corrected chi connectivity index (χ2v) is 6.66. The second kappa shape index (κ2) is 6.61. The predicted molar refractivity (Wildman–Crippen MR) is 94.8 cm³/mol. The number of nitrogens with zero attached hydrogens (tertiary/aromatic N) is 1. The molecule has 1 aromatic heterocycles. The number of carbonyl (C=O) groups is 1. The van der Waals surface area contributed by atoms with Gasteiger partial charge in [-0.1, -0.05) is 13.8 Å². The Labute approximate surface area is 142 Å². The number of nitrogens with two attached hydrogens (primary N) is 1. The number of pyridine rings is 1. The molecule has 1 amide bonds. The molecule has 2 aromatic rings. The molecule has 3 rings (SSSR count). The number of nitrogens with one attached hydrogen (secondary N) is 1. The lowest BCUT2D eigenvalue weighted by Gasteiger charge is -2.26. The van der Waals surface area contributed by atoms with E-state index in [-0.39, 0.29) is 12.0 Å². The van der Waals surface area contributed by atoms with Gasteiger partial charge in [-0.05, 0) is 43.0 Å². The van der Waals surface area contributed by atoms with Crippen LogP contribution < -0.4 is 15.8 Å². The van der Waals surface area contributed by atoms with Gasteiger partial charge in [-0.15, -0.1) is 0 Å². The van der Waals surface area contributed by atoms with Gasteiger partial charge in [0.25, 0.3) is 0 Å². The molecule has 0 aliphatic carbocycles. The lowest BCUT2D eigenvalue weighted by atomic mass is 9.95. The summed E-state index contributed by atoms with van der Waals surface area (Å²) in [5, 5.41) is 2.88. The summed E-state index contributed by atoms with van der Waals surface area (Å²) in [4.78, 5) is 16.4. The maximum atomic E-state index is 12.2. The fourth-order valence-electron chi connectivity index (χ4n) is 3.00. The van der Waals surface area contributed by atoms with E-state index in [2.05, 4.69) is 10.3 Å². The third-order valence-electron chi connectivity index (χ3n) is 4.20. The average molecular weight is 325 g/mol. The minimum Gasteiger partial charge on any atom is -0.485 e. The van der Waals surface area contributed by atoms with Crippen molar-refractivity contribution < 1.29 is 9.53 Å². The smallest absolute Gasteiger partial charge is 0.241 e. The third-order valence-corrected chi connectivity index (χ3v) is 4.20. The van der Waals surface area contributed by atoms with Gasteiger partial charge in [-0.25, -0.2) is 0 Å². The van der Waals surface area contributed by atoms with E-state index in [1.165, 1.54) is 0 Å². The summed E-state index contributed by atoms with van der Waals surface area (Å²) in [6.45, 7) is 6.09. The Morgan fingerprint density at radius 3 is 2.88 bits per heavy atom. The Bertz CT molecular complexity index is 758. The SMILES string of the molecule is CC(C)C[C@@H](N)C(=O)Nc1ccc2c(c1)O[C@H](C)c1cnccc1-2. The van der Waals surface area contributed by atoms with Gasteiger partial charge in [-0.3, -0.25) is 9.78 Å². The van der Waals surface area contributed by atoms with E-state index < -0.39 is 6.04 Å². The molecule has 1 aromatic carbocycles. The first-order valence-corrected chi connectivity index (χ1v) is 8.27. The number of anilines is 1. The van der Waals surface area contributed by atoms with Gasteiger partial charge in [-0.2, -0.15) is 0 Å². The summed E-state index contributed by atoms with van der Waals surface area (Å²) in [6, 6.07) is 7.18. The zero-order valence-corrected chi connectivity index (χ0v) is 14.2. The Hall–Kier alpha value is -2.40. The number of ether oxygens (including phenoxy) is 1. The molecule has 2 heterocycles. The number of fused-ring (bicyclic) bond motifs is 3. The van der Waals surface area contributed by atoms with Gasteiger partial charge in [0.2, 0.25) is 5.91 Å². The second-order valence-electron chi connectivity index (χ2n) is 6.66. The predicted octanol–water partition coefficient (Wildman–Crippen LogP) is 3.51. The van der Waals surface area contributed by atoms with Crippen molar-refractivity contribution in [2.45, 2.75) is 39.3 Å². The first kappa shape index (κ1) is 16.5. The van der Waals surface area contributed by atoms with Crippen molar-refractivity contribution in [3.8, 4) is 16.9 Å². The number of hydrogen-bond acceptors (Lipinski definition) is 4. The van der Waals surface area contributed by atoms with Crippen molar-refractivity contribution in [3.05, 3.63) is 42.2 Å². The molecule has 2 atom stereocenters. The summed E-state index contributed by atoms with van der Waals surface area (Å²) < 4.78 is 5.98. The molecule has 0 unspecified atom stereocenters. The van der Waals surface area contributed by atoms with E-state index >= 15 is 0 Å². The molecular formula is C19H23N3O2. The Kier molecular flexibility index (Phi) is 4.53. The minimum atomic E-state index is -0.507.